The lowest BCUT2D eigenvalue weighted by Gasteiger charge is -2.12. The van der Waals surface area contributed by atoms with Crippen molar-refractivity contribution in [2.45, 2.75) is 25.3 Å². The molecule has 3 aromatic carbocycles. The first-order valence-corrected chi connectivity index (χ1v) is 7.58. The third-order valence-corrected chi connectivity index (χ3v) is 3.96. The van der Waals surface area contributed by atoms with Crippen molar-refractivity contribution < 1.29 is 0 Å². The van der Waals surface area contributed by atoms with Gasteiger partial charge >= 0.3 is 0 Å². The standard InChI is InChI=1S/C20H21N/c21-20(13-11-16-6-2-1-3-7-16)15-17-10-12-18-8-4-5-9-19(18)14-17/h1-10,12,14,20H,11,13,15,21H2. The van der Waals surface area contributed by atoms with Crippen molar-refractivity contribution >= 4 is 10.8 Å². The Labute approximate surface area is 126 Å². The first-order valence-electron chi connectivity index (χ1n) is 7.58. The normalized spacial score (nSPS) is 12.4. The van der Waals surface area contributed by atoms with Gasteiger partial charge < -0.3 is 5.73 Å². The van der Waals surface area contributed by atoms with Crippen LogP contribution in [0.2, 0.25) is 0 Å². The summed E-state index contributed by atoms with van der Waals surface area (Å²) in [5, 5.41) is 2.59. The second kappa shape index (κ2) is 6.55. The molecular formula is C20H21N. The second-order valence-electron chi connectivity index (χ2n) is 5.67. The van der Waals surface area contributed by atoms with Crippen LogP contribution in [-0.2, 0) is 12.8 Å². The lowest BCUT2D eigenvalue weighted by Crippen LogP contribution is -2.23. The Balaban J connectivity index is 1.62. The van der Waals surface area contributed by atoms with Crippen molar-refractivity contribution in [3.8, 4) is 0 Å². The van der Waals surface area contributed by atoms with Gasteiger partial charge in [-0.25, -0.2) is 0 Å². The van der Waals surface area contributed by atoms with Crippen molar-refractivity contribution in [3.63, 3.8) is 0 Å². The van der Waals surface area contributed by atoms with E-state index >= 15 is 0 Å². The summed E-state index contributed by atoms with van der Waals surface area (Å²) in [5.74, 6) is 0. The molecule has 0 heterocycles. The minimum Gasteiger partial charge on any atom is -0.327 e. The van der Waals surface area contributed by atoms with Crippen molar-refractivity contribution in [1.29, 1.82) is 0 Å². The summed E-state index contributed by atoms with van der Waals surface area (Å²) in [6.45, 7) is 0. The molecule has 1 unspecified atom stereocenters. The fraction of sp³-hybridized carbons (Fsp3) is 0.200. The molecule has 1 atom stereocenters. The van der Waals surface area contributed by atoms with E-state index in [1.807, 2.05) is 0 Å². The number of nitrogens with two attached hydrogens (primary N) is 1. The SMILES string of the molecule is NC(CCc1ccccc1)Cc1ccc2ccccc2c1. The number of hydrogen-bond donors (Lipinski definition) is 1. The third kappa shape index (κ3) is 3.71. The molecule has 3 rings (SSSR count). The molecule has 106 valence electrons. The molecule has 1 nitrogen and oxygen atoms in total. The fourth-order valence-electron chi connectivity index (χ4n) is 2.77. The first kappa shape index (κ1) is 13.8. The van der Waals surface area contributed by atoms with E-state index in [1.54, 1.807) is 0 Å². The molecule has 0 radical (unpaired) electrons. The highest BCUT2D eigenvalue weighted by Gasteiger charge is 2.05. The predicted molar refractivity (Wildman–Crippen MR) is 90.4 cm³/mol. The minimum absolute atomic E-state index is 0.214. The van der Waals surface area contributed by atoms with Gasteiger partial charge in [0.15, 0.2) is 0 Å². The Kier molecular flexibility index (Phi) is 4.32. The largest absolute Gasteiger partial charge is 0.327 e. The molecule has 0 aliphatic carbocycles. The zero-order valence-corrected chi connectivity index (χ0v) is 12.2. The summed E-state index contributed by atoms with van der Waals surface area (Å²) < 4.78 is 0. The van der Waals surface area contributed by atoms with Crippen LogP contribution in [0.15, 0.2) is 72.8 Å². The van der Waals surface area contributed by atoms with Gasteiger partial charge in [0.2, 0.25) is 0 Å². The van der Waals surface area contributed by atoms with Crippen LogP contribution in [0.4, 0.5) is 0 Å². The molecule has 1 heteroatoms. The smallest absolute Gasteiger partial charge is 0.00824 e. The van der Waals surface area contributed by atoms with E-state index < -0.39 is 0 Å². The van der Waals surface area contributed by atoms with Gasteiger partial charge in [0, 0.05) is 6.04 Å². The maximum absolute atomic E-state index is 6.30. The first-order chi connectivity index (χ1) is 10.3. The highest BCUT2D eigenvalue weighted by Crippen LogP contribution is 2.17. The lowest BCUT2D eigenvalue weighted by atomic mass is 9.98. The number of fused-ring (bicyclic) bond motifs is 1. The summed E-state index contributed by atoms with van der Waals surface area (Å²) in [5.41, 5.74) is 8.99. The fourth-order valence-corrected chi connectivity index (χ4v) is 2.77. The van der Waals surface area contributed by atoms with Crippen LogP contribution >= 0.6 is 0 Å². The van der Waals surface area contributed by atoms with Crippen molar-refractivity contribution in [2.24, 2.45) is 5.73 Å². The van der Waals surface area contributed by atoms with E-state index in [4.69, 9.17) is 5.73 Å². The van der Waals surface area contributed by atoms with Crippen LogP contribution in [0.3, 0.4) is 0 Å². The summed E-state index contributed by atoms with van der Waals surface area (Å²) in [7, 11) is 0. The Morgan fingerprint density at radius 2 is 1.43 bits per heavy atom. The maximum Gasteiger partial charge on any atom is 0.00824 e. The van der Waals surface area contributed by atoms with E-state index in [-0.39, 0.29) is 6.04 Å². The Morgan fingerprint density at radius 1 is 0.714 bits per heavy atom. The Morgan fingerprint density at radius 3 is 2.24 bits per heavy atom. The van der Waals surface area contributed by atoms with Gasteiger partial charge in [-0.15, -0.1) is 0 Å². The zero-order valence-electron chi connectivity index (χ0n) is 12.2. The molecular weight excluding hydrogens is 254 g/mol. The Bertz CT molecular complexity index is 703. The van der Waals surface area contributed by atoms with Crippen molar-refractivity contribution in [1.82, 2.24) is 0 Å². The lowest BCUT2D eigenvalue weighted by molar-refractivity contribution is 0.611. The van der Waals surface area contributed by atoms with E-state index in [9.17, 15) is 0 Å². The van der Waals surface area contributed by atoms with Crippen LogP contribution in [0, 0.1) is 0 Å². The number of rotatable bonds is 5. The molecule has 0 saturated carbocycles. The number of aryl methyl sites for hydroxylation is 1. The molecule has 2 N–H and O–H groups in total. The highest BCUT2D eigenvalue weighted by molar-refractivity contribution is 5.82. The zero-order chi connectivity index (χ0) is 14.5. The van der Waals surface area contributed by atoms with E-state index in [0.29, 0.717) is 0 Å². The monoisotopic (exact) mass is 275 g/mol. The molecule has 0 spiro atoms. The summed E-state index contributed by atoms with van der Waals surface area (Å²) in [4.78, 5) is 0. The topological polar surface area (TPSA) is 26.0 Å². The van der Waals surface area contributed by atoms with Gasteiger partial charge in [0.1, 0.15) is 0 Å². The van der Waals surface area contributed by atoms with Gasteiger partial charge in [0.25, 0.3) is 0 Å². The molecule has 3 aromatic rings. The summed E-state index contributed by atoms with van der Waals surface area (Å²) >= 11 is 0. The van der Waals surface area contributed by atoms with E-state index in [0.717, 1.165) is 19.3 Å². The summed E-state index contributed by atoms with van der Waals surface area (Å²) in [6.07, 6.45) is 3.02. The molecule has 0 aliphatic rings. The third-order valence-electron chi connectivity index (χ3n) is 3.96. The van der Waals surface area contributed by atoms with Crippen LogP contribution in [0.5, 0.6) is 0 Å². The maximum atomic E-state index is 6.30. The van der Waals surface area contributed by atoms with Crippen molar-refractivity contribution in [2.75, 3.05) is 0 Å². The van der Waals surface area contributed by atoms with E-state index in [2.05, 4.69) is 72.8 Å². The van der Waals surface area contributed by atoms with Gasteiger partial charge in [-0.2, -0.15) is 0 Å². The quantitative estimate of drug-likeness (QED) is 0.736. The predicted octanol–water partition coefficient (Wildman–Crippen LogP) is 4.34. The molecule has 0 bridgehead atoms. The Hall–Kier alpha value is -2.12. The van der Waals surface area contributed by atoms with Gasteiger partial charge in [-0.3, -0.25) is 0 Å². The van der Waals surface area contributed by atoms with Crippen LogP contribution in [0.25, 0.3) is 10.8 Å². The van der Waals surface area contributed by atoms with Crippen LogP contribution < -0.4 is 5.73 Å². The van der Waals surface area contributed by atoms with E-state index in [1.165, 1.54) is 21.9 Å². The second-order valence-corrected chi connectivity index (χ2v) is 5.67. The molecule has 0 amide bonds. The average molecular weight is 275 g/mol. The van der Waals surface area contributed by atoms with Crippen molar-refractivity contribution in [3.05, 3.63) is 83.9 Å². The van der Waals surface area contributed by atoms with Gasteiger partial charge in [-0.1, -0.05) is 72.8 Å². The summed E-state index contributed by atoms with van der Waals surface area (Å²) in [6, 6.07) is 25.9. The van der Waals surface area contributed by atoms with Gasteiger partial charge in [0.05, 0.1) is 0 Å². The molecule has 0 aromatic heterocycles. The van der Waals surface area contributed by atoms with Crippen LogP contribution in [-0.4, -0.2) is 6.04 Å². The number of hydrogen-bond acceptors (Lipinski definition) is 1. The minimum atomic E-state index is 0.214. The molecule has 21 heavy (non-hydrogen) atoms. The molecule has 0 fully saturated rings. The van der Waals surface area contributed by atoms with Crippen LogP contribution in [0.1, 0.15) is 17.5 Å². The number of benzene rings is 3. The molecule has 0 aliphatic heterocycles. The highest BCUT2D eigenvalue weighted by atomic mass is 14.6. The molecule has 0 saturated heterocycles. The average Bonchev–Trinajstić information content (AvgIpc) is 2.54. The van der Waals surface area contributed by atoms with Gasteiger partial charge in [-0.05, 0) is 41.2 Å².